The quantitative estimate of drug-likeness (QED) is 0.812. The third kappa shape index (κ3) is 2.98. The Morgan fingerprint density at radius 2 is 2.26 bits per heavy atom. The zero-order valence-electron chi connectivity index (χ0n) is 10.9. The second-order valence-corrected chi connectivity index (χ2v) is 5.17. The summed E-state index contributed by atoms with van der Waals surface area (Å²) in [5, 5.41) is 5.38. The van der Waals surface area contributed by atoms with Crippen LogP contribution in [-0.4, -0.2) is 7.11 Å². The van der Waals surface area contributed by atoms with E-state index in [1.54, 1.807) is 17.4 Å². The normalized spacial score (nSPS) is 12.2. The van der Waals surface area contributed by atoms with E-state index in [-0.39, 0.29) is 11.8 Å². The molecule has 0 aliphatic heterocycles. The Morgan fingerprint density at radius 3 is 2.84 bits per heavy atom. The smallest absolute Gasteiger partial charge is 0.167 e. The number of rotatable bonds is 5. The van der Waals surface area contributed by atoms with Crippen molar-refractivity contribution >= 4 is 22.7 Å². The summed E-state index contributed by atoms with van der Waals surface area (Å²) in [5.41, 5.74) is 6.92. The molecule has 3 N–H and O–H groups in total. The number of ether oxygens (including phenoxy) is 1. The molecule has 0 radical (unpaired) electrons. The highest BCUT2D eigenvalue weighted by atomic mass is 32.1. The molecular formula is C14H17FN2OS. The first-order valence-corrected chi connectivity index (χ1v) is 6.96. The molecule has 3 nitrogen and oxygen atoms in total. The molecule has 1 aromatic carbocycles. The van der Waals surface area contributed by atoms with Crippen molar-refractivity contribution in [3.8, 4) is 5.75 Å². The Labute approximate surface area is 116 Å². The van der Waals surface area contributed by atoms with Gasteiger partial charge in [0, 0.05) is 17.0 Å². The first kappa shape index (κ1) is 13.7. The molecule has 0 bridgehead atoms. The zero-order chi connectivity index (χ0) is 13.8. The number of nitrogens with one attached hydrogen (secondary N) is 1. The van der Waals surface area contributed by atoms with Crippen LogP contribution in [0.2, 0.25) is 0 Å². The number of anilines is 2. The van der Waals surface area contributed by atoms with E-state index in [2.05, 4.69) is 18.3 Å². The molecule has 0 aliphatic rings. The van der Waals surface area contributed by atoms with Gasteiger partial charge in [-0.05, 0) is 17.9 Å². The molecule has 102 valence electrons. The molecular weight excluding hydrogens is 263 g/mol. The van der Waals surface area contributed by atoms with Gasteiger partial charge in [-0.2, -0.15) is 0 Å². The second kappa shape index (κ2) is 5.93. The molecule has 1 aromatic heterocycles. The highest BCUT2D eigenvalue weighted by molar-refractivity contribution is 7.10. The maximum atomic E-state index is 13.5. The molecule has 0 amide bonds. The van der Waals surface area contributed by atoms with Gasteiger partial charge in [0.25, 0.3) is 0 Å². The van der Waals surface area contributed by atoms with Crippen molar-refractivity contribution in [2.24, 2.45) is 0 Å². The van der Waals surface area contributed by atoms with Crippen LogP contribution in [0.5, 0.6) is 5.75 Å². The van der Waals surface area contributed by atoms with Gasteiger partial charge in [0.05, 0.1) is 24.5 Å². The molecule has 0 spiro atoms. The van der Waals surface area contributed by atoms with E-state index in [1.807, 2.05) is 11.4 Å². The molecule has 5 heteroatoms. The Bertz CT molecular complexity index is 543. The lowest BCUT2D eigenvalue weighted by molar-refractivity contribution is 0.387. The third-order valence-corrected chi connectivity index (χ3v) is 3.93. The van der Waals surface area contributed by atoms with Crippen molar-refractivity contribution in [1.82, 2.24) is 0 Å². The number of nitrogens with two attached hydrogens (primary N) is 1. The summed E-state index contributed by atoms with van der Waals surface area (Å²) in [5.74, 6) is -0.257. The van der Waals surface area contributed by atoms with Crippen molar-refractivity contribution in [2.75, 3.05) is 18.2 Å². The SMILES string of the molecule is CCC(Nc1cc(OC)c(F)cc1N)c1cccs1. The average Bonchev–Trinajstić information content (AvgIpc) is 2.92. The van der Waals surface area contributed by atoms with Crippen molar-refractivity contribution < 1.29 is 9.13 Å². The molecule has 0 saturated carbocycles. The van der Waals surface area contributed by atoms with Crippen molar-refractivity contribution in [1.29, 1.82) is 0 Å². The van der Waals surface area contributed by atoms with Gasteiger partial charge >= 0.3 is 0 Å². The fourth-order valence-electron chi connectivity index (χ4n) is 1.90. The van der Waals surface area contributed by atoms with Gasteiger partial charge in [0.15, 0.2) is 11.6 Å². The Morgan fingerprint density at radius 1 is 1.47 bits per heavy atom. The second-order valence-electron chi connectivity index (χ2n) is 4.19. The van der Waals surface area contributed by atoms with Gasteiger partial charge < -0.3 is 15.8 Å². The number of nitrogen functional groups attached to an aromatic ring is 1. The summed E-state index contributed by atoms with van der Waals surface area (Å²) < 4.78 is 18.5. The van der Waals surface area contributed by atoms with Crippen LogP contribution in [0.4, 0.5) is 15.8 Å². The third-order valence-electron chi connectivity index (χ3n) is 2.95. The predicted molar refractivity (Wildman–Crippen MR) is 78.3 cm³/mol. The van der Waals surface area contributed by atoms with E-state index in [9.17, 15) is 4.39 Å². The predicted octanol–water partition coefficient (Wildman–Crippen LogP) is 4.04. The van der Waals surface area contributed by atoms with E-state index in [0.717, 1.165) is 6.42 Å². The lowest BCUT2D eigenvalue weighted by Gasteiger charge is -2.19. The van der Waals surface area contributed by atoms with Crippen LogP contribution in [0.3, 0.4) is 0 Å². The maximum Gasteiger partial charge on any atom is 0.167 e. The van der Waals surface area contributed by atoms with Crippen LogP contribution in [0.15, 0.2) is 29.6 Å². The number of benzene rings is 1. The van der Waals surface area contributed by atoms with E-state index in [4.69, 9.17) is 10.5 Å². The van der Waals surface area contributed by atoms with Gasteiger partial charge in [0.2, 0.25) is 0 Å². The fourth-order valence-corrected chi connectivity index (χ4v) is 2.76. The molecule has 1 heterocycles. The maximum absolute atomic E-state index is 13.5. The van der Waals surface area contributed by atoms with Crippen molar-refractivity contribution in [3.05, 3.63) is 40.3 Å². The molecule has 0 fully saturated rings. The van der Waals surface area contributed by atoms with Crippen LogP contribution >= 0.6 is 11.3 Å². The zero-order valence-corrected chi connectivity index (χ0v) is 11.8. The summed E-state index contributed by atoms with van der Waals surface area (Å²) in [4.78, 5) is 1.23. The minimum Gasteiger partial charge on any atom is -0.494 e. The van der Waals surface area contributed by atoms with E-state index in [0.29, 0.717) is 11.4 Å². The Kier molecular flexibility index (Phi) is 4.27. The van der Waals surface area contributed by atoms with E-state index in [1.165, 1.54) is 18.1 Å². The van der Waals surface area contributed by atoms with Crippen LogP contribution in [0, 0.1) is 5.82 Å². The summed E-state index contributed by atoms with van der Waals surface area (Å²) in [6.45, 7) is 2.09. The van der Waals surface area contributed by atoms with Gasteiger partial charge in [-0.25, -0.2) is 4.39 Å². The van der Waals surface area contributed by atoms with Crippen LogP contribution in [0.1, 0.15) is 24.3 Å². The number of methoxy groups -OCH3 is 1. The number of thiophene rings is 1. The lowest BCUT2D eigenvalue weighted by Crippen LogP contribution is -2.10. The van der Waals surface area contributed by atoms with E-state index < -0.39 is 5.82 Å². The molecule has 19 heavy (non-hydrogen) atoms. The fraction of sp³-hybridized carbons (Fsp3) is 0.286. The summed E-state index contributed by atoms with van der Waals surface area (Å²) in [6.07, 6.45) is 0.916. The highest BCUT2D eigenvalue weighted by Gasteiger charge is 2.14. The molecule has 0 saturated heterocycles. The highest BCUT2D eigenvalue weighted by Crippen LogP contribution is 2.32. The number of hydrogen-bond donors (Lipinski definition) is 2. The van der Waals surface area contributed by atoms with Gasteiger partial charge in [-0.1, -0.05) is 13.0 Å². The Balaban J connectivity index is 2.27. The average molecular weight is 280 g/mol. The van der Waals surface area contributed by atoms with Gasteiger partial charge in [0.1, 0.15) is 0 Å². The minimum absolute atomic E-state index is 0.164. The van der Waals surface area contributed by atoms with Gasteiger partial charge in [-0.15, -0.1) is 11.3 Å². The summed E-state index contributed by atoms with van der Waals surface area (Å²) >= 11 is 1.69. The van der Waals surface area contributed by atoms with Crippen molar-refractivity contribution in [2.45, 2.75) is 19.4 Å². The molecule has 2 rings (SSSR count). The largest absolute Gasteiger partial charge is 0.494 e. The van der Waals surface area contributed by atoms with E-state index >= 15 is 0 Å². The number of hydrogen-bond acceptors (Lipinski definition) is 4. The molecule has 0 aliphatic carbocycles. The molecule has 1 atom stereocenters. The van der Waals surface area contributed by atoms with Gasteiger partial charge in [-0.3, -0.25) is 0 Å². The first-order chi connectivity index (χ1) is 9.15. The molecule has 2 aromatic rings. The van der Waals surface area contributed by atoms with Crippen LogP contribution < -0.4 is 15.8 Å². The van der Waals surface area contributed by atoms with Crippen LogP contribution in [0.25, 0.3) is 0 Å². The standard InChI is InChI=1S/C14H17FN2OS/c1-3-11(14-5-4-6-19-14)17-12-8-13(18-2)9(15)7-10(12)16/h4-8,11,17H,3,16H2,1-2H3. The monoisotopic (exact) mass is 280 g/mol. The van der Waals surface area contributed by atoms with Crippen LogP contribution in [-0.2, 0) is 0 Å². The topological polar surface area (TPSA) is 47.3 Å². The molecule has 1 unspecified atom stereocenters. The lowest BCUT2D eigenvalue weighted by atomic mass is 10.1. The first-order valence-electron chi connectivity index (χ1n) is 6.08. The Hall–Kier alpha value is -1.75. The number of halogens is 1. The van der Waals surface area contributed by atoms with Crippen molar-refractivity contribution in [3.63, 3.8) is 0 Å². The summed E-state index contributed by atoms with van der Waals surface area (Å²) in [7, 11) is 1.44. The summed E-state index contributed by atoms with van der Waals surface area (Å²) in [6, 6.07) is 7.13. The minimum atomic E-state index is -0.449.